The molecule has 5 nitrogen and oxygen atoms in total. The molecule has 3 aromatic rings. The summed E-state index contributed by atoms with van der Waals surface area (Å²) in [5.41, 5.74) is 0.772. The number of rotatable bonds is 3. The van der Waals surface area contributed by atoms with Gasteiger partial charge in [0.2, 0.25) is 5.78 Å². The van der Waals surface area contributed by atoms with Crippen LogP contribution in [-0.4, -0.2) is 28.3 Å². The number of Topliss-reactive ketones (excluding diaryl/α,β-unsaturated/α-hetero) is 2. The van der Waals surface area contributed by atoms with E-state index in [1.54, 1.807) is 78.9 Å². The summed E-state index contributed by atoms with van der Waals surface area (Å²) in [6, 6.07) is 22.8. The molecule has 3 aromatic carbocycles. The monoisotopic (exact) mass is 455 g/mol. The van der Waals surface area contributed by atoms with E-state index in [2.05, 4.69) is 0 Å². The zero-order chi connectivity index (χ0) is 25.3. The number of carbonyl (C=O) groups is 4. The Hall–Kier alpha value is -4.12. The first-order valence-electron chi connectivity index (χ1n) is 11.4. The van der Waals surface area contributed by atoms with E-state index in [-0.39, 0.29) is 39.3 Å². The first-order chi connectivity index (χ1) is 16.5. The molecule has 0 heterocycles. The first kappa shape index (κ1) is 26.1. The average molecular weight is 456 g/mol. The molecular formula is C29H29NO4. The number of benzene rings is 3. The van der Waals surface area contributed by atoms with Gasteiger partial charge in [0, 0.05) is 27.8 Å². The molecule has 0 aromatic heterocycles. The van der Waals surface area contributed by atoms with Gasteiger partial charge in [-0.2, -0.15) is 0 Å². The maximum Gasteiger partial charge on any atom is 0.265 e. The highest BCUT2D eigenvalue weighted by Crippen LogP contribution is 2.30. The van der Waals surface area contributed by atoms with E-state index in [1.165, 1.54) is 13.0 Å². The van der Waals surface area contributed by atoms with Gasteiger partial charge < -0.3 is 0 Å². The number of fused-ring (bicyclic) bond motifs is 1. The van der Waals surface area contributed by atoms with Crippen LogP contribution in [0.2, 0.25) is 0 Å². The molecule has 0 saturated heterocycles. The summed E-state index contributed by atoms with van der Waals surface area (Å²) in [7, 11) is 0. The molecule has 0 radical (unpaired) electrons. The maximum atomic E-state index is 13.4. The van der Waals surface area contributed by atoms with Crippen molar-refractivity contribution < 1.29 is 19.2 Å². The van der Waals surface area contributed by atoms with E-state index >= 15 is 0 Å². The lowest BCUT2D eigenvalue weighted by atomic mass is 9.87. The third kappa shape index (κ3) is 5.09. The van der Waals surface area contributed by atoms with Crippen LogP contribution in [0.1, 0.15) is 76.1 Å². The van der Waals surface area contributed by atoms with Crippen molar-refractivity contribution in [3.05, 3.63) is 118 Å². The van der Waals surface area contributed by atoms with E-state index in [1.807, 2.05) is 27.7 Å². The normalized spacial score (nSPS) is 11.9. The van der Waals surface area contributed by atoms with E-state index in [9.17, 15) is 19.2 Å². The molecular weight excluding hydrogens is 426 g/mol. The second-order valence-corrected chi connectivity index (χ2v) is 6.86. The molecule has 34 heavy (non-hydrogen) atoms. The Morgan fingerprint density at radius 3 is 1.32 bits per heavy atom. The summed E-state index contributed by atoms with van der Waals surface area (Å²) in [6.45, 7) is 9.47. The zero-order valence-corrected chi connectivity index (χ0v) is 20.2. The van der Waals surface area contributed by atoms with E-state index in [0.29, 0.717) is 0 Å². The van der Waals surface area contributed by atoms with Gasteiger partial charge in [-0.05, 0) is 31.2 Å². The van der Waals surface area contributed by atoms with Crippen molar-refractivity contribution in [2.45, 2.75) is 34.6 Å². The summed E-state index contributed by atoms with van der Waals surface area (Å²) in [6.07, 6.45) is 0. The number of carbonyl (C=O) groups excluding carboxylic acids is 4. The smallest absolute Gasteiger partial charge is 0.265 e. The Labute approximate surface area is 200 Å². The molecule has 0 unspecified atom stereocenters. The molecule has 0 aliphatic heterocycles. The first-order valence-corrected chi connectivity index (χ1v) is 11.4. The van der Waals surface area contributed by atoms with Crippen molar-refractivity contribution in [3.8, 4) is 0 Å². The maximum absolute atomic E-state index is 13.4. The predicted molar refractivity (Wildman–Crippen MR) is 134 cm³/mol. The highest BCUT2D eigenvalue weighted by Gasteiger charge is 2.38. The predicted octanol–water partition coefficient (Wildman–Crippen LogP) is 6.37. The minimum Gasteiger partial charge on any atom is -0.289 e. The summed E-state index contributed by atoms with van der Waals surface area (Å²) >= 11 is 0. The molecule has 1 aliphatic rings. The number of amides is 2. The highest BCUT2D eigenvalue weighted by molar-refractivity contribution is 6.29. The number of allylic oxidation sites excluding steroid dienone is 2. The minimum absolute atomic E-state index is 0.0623. The molecule has 0 saturated carbocycles. The van der Waals surface area contributed by atoms with Crippen LogP contribution >= 0.6 is 0 Å². The van der Waals surface area contributed by atoms with Gasteiger partial charge >= 0.3 is 0 Å². The summed E-state index contributed by atoms with van der Waals surface area (Å²) in [5.74, 6) is -2.25. The van der Waals surface area contributed by atoms with Gasteiger partial charge in [-0.1, -0.05) is 88.4 Å². The van der Waals surface area contributed by atoms with Gasteiger partial charge in [-0.3, -0.25) is 19.2 Å². The Bertz CT molecular complexity index is 1160. The number of nitrogens with zero attached hydrogens (tertiary/aromatic N) is 1. The number of hydrogen-bond acceptors (Lipinski definition) is 4. The number of imide groups is 1. The van der Waals surface area contributed by atoms with Crippen LogP contribution in [0.5, 0.6) is 0 Å². The van der Waals surface area contributed by atoms with Crippen LogP contribution < -0.4 is 0 Å². The van der Waals surface area contributed by atoms with Crippen LogP contribution in [0.4, 0.5) is 0 Å². The van der Waals surface area contributed by atoms with Gasteiger partial charge in [0.1, 0.15) is 5.70 Å². The number of hydrogen-bond donors (Lipinski definition) is 0. The fourth-order valence-electron chi connectivity index (χ4n) is 3.47. The average Bonchev–Trinajstić information content (AvgIpc) is 2.92. The molecule has 5 heteroatoms. The molecule has 0 bridgehead atoms. The van der Waals surface area contributed by atoms with Crippen molar-refractivity contribution in [2.75, 3.05) is 0 Å². The Balaban J connectivity index is 0.000000970. The SMILES string of the molecule is CC.CC.CC1=C(N(C(=O)c2ccccc2)C(=O)c2ccccc2)C(=O)c2ccccc2C1=O. The van der Waals surface area contributed by atoms with Crippen molar-refractivity contribution in [2.24, 2.45) is 0 Å². The van der Waals surface area contributed by atoms with Gasteiger partial charge in [0.25, 0.3) is 11.8 Å². The third-order valence-electron chi connectivity index (χ3n) is 5.00. The molecule has 174 valence electrons. The second-order valence-electron chi connectivity index (χ2n) is 6.86. The quantitative estimate of drug-likeness (QED) is 0.430. The van der Waals surface area contributed by atoms with E-state index in [0.717, 1.165) is 4.90 Å². The lowest BCUT2D eigenvalue weighted by molar-refractivity contribution is 0.0640. The molecule has 2 amide bonds. The van der Waals surface area contributed by atoms with Crippen molar-refractivity contribution >= 4 is 23.4 Å². The van der Waals surface area contributed by atoms with Crippen LogP contribution in [0, 0.1) is 0 Å². The van der Waals surface area contributed by atoms with Gasteiger partial charge in [-0.15, -0.1) is 0 Å². The Kier molecular flexibility index (Phi) is 9.38. The van der Waals surface area contributed by atoms with E-state index in [4.69, 9.17) is 0 Å². The van der Waals surface area contributed by atoms with Gasteiger partial charge in [0.05, 0.1) is 0 Å². The topological polar surface area (TPSA) is 71.5 Å². The Morgan fingerprint density at radius 2 is 0.912 bits per heavy atom. The van der Waals surface area contributed by atoms with Crippen LogP contribution in [0.3, 0.4) is 0 Å². The van der Waals surface area contributed by atoms with Gasteiger partial charge in [-0.25, -0.2) is 4.90 Å². The Morgan fingerprint density at radius 1 is 0.559 bits per heavy atom. The summed E-state index contributed by atoms with van der Waals surface area (Å²) in [5, 5.41) is 0. The standard InChI is InChI=1S/C25H17NO4.2C2H6/c1-16-21(23(28)20-15-9-8-14-19(20)22(16)27)26(24(29)17-10-4-2-5-11-17)25(30)18-12-6-3-7-13-18;2*1-2/h2-15H,1H3;2*1-2H3. The highest BCUT2D eigenvalue weighted by atomic mass is 16.2. The molecule has 4 rings (SSSR count). The lowest BCUT2D eigenvalue weighted by Gasteiger charge is -2.28. The molecule has 0 N–H and O–H groups in total. The minimum atomic E-state index is -0.667. The van der Waals surface area contributed by atoms with Crippen molar-refractivity contribution in [1.29, 1.82) is 0 Å². The largest absolute Gasteiger partial charge is 0.289 e. The van der Waals surface area contributed by atoms with E-state index < -0.39 is 17.6 Å². The van der Waals surface area contributed by atoms with Crippen molar-refractivity contribution in [1.82, 2.24) is 4.90 Å². The third-order valence-corrected chi connectivity index (χ3v) is 5.00. The second kappa shape index (κ2) is 12.2. The van der Waals surface area contributed by atoms with Crippen molar-refractivity contribution in [3.63, 3.8) is 0 Å². The lowest BCUT2D eigenvalue weighted by Crippen LogP contribution is -2.42. The fraction of sp³-hybridized carbons (Fsp3) is 0.172. The van der Waals surface area contributed by atoms with Crippen LogP contribution in [0.25, 0.3) is 0 Å². The zero-order valence-electron chi connectivity index (χ0n) is 20.2. The molecule has 1 aliphatic carbocycles. The summed E-state index contributed by atoms with van der Waals surface area (Å²) in [4.78, 5) is 53.8. The van der Waals surface area contributed by atoms with Crippen LogP contribution in [0.15, 0.2) is 96.2 Å². The molecule has 0 atom stereocenters. The molecule has 0 fully saturated rings. The molecule has 0 spiro atoms. The fourth-order valence-corrected chi connectivity index (χ4v) is 3.47. The van der Waals surface area contributed by atoms with Crippen LogP contribution in [-0.2, 0) is 0 Å². The van der Waals surface area contributed by atoms with Gasteiger partial charge in [0.15, 0.2) is 5.78 Å². The summed E-state index contributed by atoms with van der Waals surface area (Å²) < 4.78 is 0. The number of ketones is 2.